The molecule has 1 aromatic carbocycles. The molecule has 2 heterocycles. The summed E-state index contributed by atoms with van der Waals surface area (Å²) < 4.78 is 5.57. The van der Waals surface area contributed by atoms with Gasteiger partial charge in [-0.15, -0.1) is 0 Å². The normalized spacial score (nSPS) is 19.0. The molecule has 0 spiro atoms. The SMILES string of the molecule is CC(C)c1noc([C@H]2CCCCN2Cc2ccc(N(C)C)cc2)n1. The van der Waals surface area contributed by atoms with Gasteiger partial charge in [0.2, 0.25) is 5.89 Å². The molecule has 1 aromatic heterocycles. The van der Waals surface area contributed by atoms with Gasteiger partial charge in [0.05, 0.1) is 6.04 Å². The molecular weight excluding hydrogens is 300 g/mol. The third kappa shape index (κ3) is 3.78. The molecule has 1 atom stereocenters. The first-order valence-corrected chi connectivity index (χ1v) is 8.88. The Hall–Kier alpha value is -1.88. The van der Waals surface area contributed by atoms with Gasteiger partial charge in [-0.2, -0.15) is 4.98 Å². The lowest BCUT2D eigenvalue weighted by Gasteiger charge is -2.33. The predicted octanol–water partition coefficient (Wildman–Crippen LogP) is 3.99. The summed E-state index contributed by atoms with van der Waals surface area (Å²) in [6, 6.07) is 9.03. The lowest BCUT2D eigenvalue weighted by molar-refractivity contribution is 0.111. The van der Waals surface area contributed by atoms with Crippen LogP contribution in [-0.2, 0) is 6.54 Å². The van der Waals surface area contributed by atoms with E-state index < -0.39 is 0 Å². The Labute approximate surface area is 144 Å². The number of piperidine rings is 1. The van der Waals surface area contributed by atoms with Crippen LogP contribution in [0.5, 0.6) is 0 Å². The molecule has 1 fully saturated rings. The highest BCUT2D eigenvalue weighted by atomic mass is 16.5. The van der Waals surface area contributed by atoms with E-state index in [0.29, 0.717) is 5.92 Å². The van der Waals surface area contributed by atoms with Gasteiger partial charge in [-0.05, 0) is 37.1 Å². The summed E-state index contributed by atoms with van der Waals surface area (Å²) in [6.45, 7) is 6.20. The highest BCUT2D eigenvalue weighted by Gasteiger charge is 2.29. The van der Waals surface area contributed by atoms with Gasteiger partial charge in [-0.3, -0.25) is 4.90 Å². The zero-order valence-corrected chi connectivity index (χ0v) is 15.2. The van der Waals surface area contributed by atoms with Crippen molar-refractivity contribution in [3.8, 4) is 0 Å². The van der Waals surface area contributed by atoms with E-state index in [-0.39, 0.29) is 6.04 Å². The molecule has 5 nitrogen and oxygen atoms in total. The number of rotatable bonds is 5. The van der Waals surface area contributed by atoms with Crippen LogP contribution in [0.25, 0.3) is 0 Å². The monoisotopic (exact) mass is 328 g/mol. The number of nitrogens with zero attached hydrogens (tertiary/aromatic N) is 4. The highest BCUT2D eigenvalue weighted by molar-refractivity contribution is 5.45. The third-order valence-electron chi connectivity index (χ3n) is 4.71. The van der Waals surface area contributed by atoms with Crippen LogP contribution in [-0.4, -0.2) is 35.7 Å². The molecule has 0 radical (unpaired) electrons. The minimum atomic E-state index is 0.243. The third-order valence-corrected chi connectivity index (χ3v) is 4.71. The van der Waals surface area contributed by atoms with Gasteiger partial charge in [0.1, 0.15) is 0 Å². The minimum absolute atomic E-state index is 0.243. The number of benzene rings is 1. The lowest BCUT2D eigenvalue weighted by Crippen LogP contribution is -2.33. The predicted molar refractivity (Wildman–Crippen MR) is 96.2 cm³/mol. The summed E-state index contributed by atoms with van der Waals surface area (Å²) in [5.74, 6) is 1.90. The number of aromatic nitrogens is 2. The fourth-order valence-corrected chi connectivity index (χ4v) is 3.21. The average Bonchev–Trinajstić information content (AvgIpc) is 3.06. The second-order valence-electron chi connectivity index (χ2n) is 7.19. The molecule has 0 aliphatic carbocycles. The molecule has 1 aliphatic heterocycles. The Morgan fingerprint density at radius 2 is 1.96 bits per heavy atom. The average molecular weight is 328 g/mol. The van der Waals surface area contributed by atoms with Gasteiger partial charge in [-0.1, -0.05) is 37.6 Å². The first-order valence-electron chi connectivity index (χ1n) is 8.88. The van der Waals surface area contributed by atoms with Crippen LogP contribution in [0.2, 0.25) is 0 Å². The Bertz CT molecular complexity index is 648. The number of likely N-dealkylation sites (tertiary alicyclic amines) is 1. The van der Waals surface area contributed by atoms with Crippen LogP contribution in [0, 0.1) is 0 Å². The van der Waals surface area contributed by atoms with E-state index in [0.717, 1.165) is 31.2 Å². The van der Waals surface area contributed by atoms with E-state index in [1.165, 1.54) is 24.1 Å². The first-order chi connectivity index (χ1) is 11.5. The second kappa shape index (κ2) is 7.34. The van der Waals surface area contributed by atoms with E-state index in [9.17, 15) is 0 Å². The van der Waals surface area contributed by atoms with E-state index in [1.54, 1.807) is 0 Å². The molecular formula is C19H28N4O. The zero-order chi connectivity index (χ0) is 17.1. The Balaban J connectivity index is 1.74. The minimum Gasteiger partial charge on any atom is -0.378 e. The van der Waals surface area contributed by atoms with Crippen LogP contribution in [0.3, 0.4) is 0 Å². The van der Waals surface area contributed by atoms with Gasteiger partial charge >= 0.3 is 0 Å². The summed E-state index contributed by atoms with van der Waals surface area (Å²) in [4.78, 5) is 9.24. The second-order valence-corrected chi connectivity index (χ2v) is 7.19. The molecule has 2 aromatic rings. The van der Waals surface area contributed by atoms with E-state index >= 15 is 0 Å². The Kier molecular flexibility index (Phi) is 5.19. The van der Waals surface area contributed by atoms with Crippen molar-refractivity contribution in [1.82, 2.24) is 15.0 Å². The lowest BCUT2D eigenvalue weighted by atomic mass is 10.0. The van der Waals surface area contributed by atoms with Crippen molar-refractivity contribution in [2.75, 3.05) is 25.5 Å². The fraction of sp³-hybridized carbons (Fsp3) is 0.579. The number of anilines is 1. The van der Waals surface area contributed by atoms with E-state index in [1.807, 2.05) is 0 Å². The Morgan fingerprint density at radius 3 is 2.58 bits per heavy atom. The molecule has 3 rings (SSSR count). The van der Waals surface area contributed by atoms with Crippen molar-refractivity contribution in [1.29, 1.82) is 0 Å². The molecule has 130 valence electrons. The van der Waals surface area contributed by atoms with E-state index in [2.05, 4.69) is 72.1 Å². The van der Waals surface area contributed by atoms with Crippen molar-refractivity contribution in [3.63, 3.8) is 0 Å². The van der Waals surface area contributed by atoms with Gasteiger partial charge in [-0.25, -0.2) is 0 Å². The maximum atomic E-state index is 5.57. The number of hydrogen-bond acceptors (Lipinski definition) is 5. The van der Waals surface area contributed by atoms with Crippen molar-refractivity contribution in [3.05, 3.63) is 41.5 Å². The quantitative estimate of drug-likeness (QED) is 0.830. The van der Waals surface area contributed by atoms with E-state index in [4.69, 9.17) is 4.52 Å². The summed E-state index contributed by atoms with van der Waals surface area (Å²) in [5.41, 5.74) is 2.56. The summed E-state index contributed by atoms with van der Waals surface area (Å²) >= 11 is 0. The molecule has 0 saturated carbocycles. The molecule has 24 heavy (non-hydrogen) atoms. The summed E-state index contributed by atoms with van der Waals surface area (Å²) in [6.07, 6.45) is 3.55. The first kappa shape index (κ1) is 17.0. The largest absolute Gasteiger partial charge is 0.378 e. The van der Waals surface area contributed by atoms with Crippen LogP contribution in [0.4, 0.5) is 5.69 Å². The molecule has 5 heteroatoms. The van der Waals surface area contributed by atoms with Crippen molar-refractivity contribution < 1.29 is 4.52 Å². The number of hydrogen-bond donors (Lipinski definition) is 0. The van der Waals surface area contributed by atoms with Gasteiger partial charge in [0.25, 0.3) is 0 Å². The Morgan fingerprint density at radius 1 is 1.21 bits per heavy atom. The molecule has 1 saturated heterocycles. The van der Waals surface area contributed by atoms with Crippen LogP contribution in [0.1, 0.15) is 62.3 Å². The maximum absolute atomic E-state index is 5.57. The van der Waals surface area contributed by atoms with Gasteiger partial charge in [0, 0.05) is 32.2 Å². The van der Waals surface area contributed by atoms with Crippen molar-refractivity contribution >= 4 is 5.69 Å². The molecule has 0 amide bonds. The standard InChI is InChI=1S/C19H28N4O/c1-14(2)18-20-19(24-21-18)17-7-5-6-12-23(17)13-15-8-10-16(11-9-15)22(3)4/h8-11,14,17H,5-7,12-13H2,1-4H3/t17-/m1/s1. The topological polar surface area (TPSA) is 45.4 Å². The molecule has 0 unspecified atom stereocenters. The molecule has 0 N–H and O–H groups in total. The smallest absolute Gasteiger partial charge is 0.244 e. The maximum Gasteiger partial charge on any atom is 0.244 e. The fourth-order valence-electron chi connectivity index (χ4n) is 3.21. The van der Waals surface area contributed by atoms with Crippen molar-refractivity contribution in [2.45, 2.75) is 51.6 Å². The molecule has 1 aliphatic rings. The van der Waals surface area contributed by atoms with Crippen LogP contribution < -0.4 is 4.90 Å². The van der Waals surface area contributed by atoms with Crippen LogP contribution in [0.15, 0.2) is 28.8 Å². The van der Waals surface area contributed by atoms with Gasteiger partial charge < -0.3 is 9.42 Å². The van der Waals surface area contributed by atoms with Crippen LogP contribution >= 0.6 is 0 Å². The highest BCUT2D eigenvalue weighted by Crippen LogP contribution is 2.32. The summed E-state index contributed by atoms with van der Waals surface area (Å²) in [5, 5.41) is 4.15. The molecule has 0 bridgehead atoms. The zero-order valence-electron chi connectivity index (χ0n) is 15.2. The van der Waals surface area contributed by atoms with Crippen molar-refractivity contribution in [2.24, 2.45) is 0 Å². The summed E-state index contributed by atoms with van der Waals surface area (Å²) in [7, 11) is 4.13. The van der Waals surface area contributed by atoms with Gasteiger partial charge in [0.15, 0.2) is 5.82 Å².